The molecule has 0 aliphatic carbocycles. The number of nitrogens with one attached hydrogen (secondary N) is 1. The summed E-state index contributed by atoms with van der Waals surface area (Å²) in [4.78, 5) is 12.1. The molecule has 4 heteroatoms. The fraction of sp³-hybridized carbons (Fsp3) is 0.562. The highest BCUT2D eigenvalue weighted by Gasteiger charge is 2.25. The van der Waals surface area contributed by atoms with E-state index in [2.05, 4.69) is 19.2 Å². The van der Waals surface area contributed by atoms with Crippen LogP contribution in [0.3, 0.4) is 0 Å². The summed E-state index contributed by atoms with van der Waals surface area (Å²) in [6.07, 6.45) is 2.01. The molecule has 1 aromatic carbocycles. The third-order valence-electron chi connectivity index (χ3n) is 3.25. The van der Waals surface area contributed by atoms with Gasteiger partial charge in [-0.1, -0.05) is 26.3 Å². The minimum absolute atomic E-state index is 0.198. The van der Waals surface area contributed by atoms with Crippen molar-refractivity contribution in [3.63, 3.8) is 0 Å². The zero-order valence-electron chi connectivity index (χ0n) is 12.8. The molecule has 0 amide bonds. The molecular weight excluding hydrogens is 254 g/mol. The Labute approximate surface area is 121 Å². The Balaban J connectivity index is 2.84. The monoisotopic (exact) mass is 279 g/mol. The van der Waals surface area contributed by atoms with E-state index in [4.69, 9.17) is 9.47 Å². The first-order valence-corrected chi connectivity index (χ1v) is 7.19. The molecule has 0 bridgehead atoms. The molecule has 0 saturated heterocycles. The highest BCUT2D eigenvalue weighted by atomic mass is 16.5. The van der Waals surface area contributed by atoms with E-state index < -0.39 is 0 Å². The first-order chi connectivity index (χ1) is 9.62. The van der Waals surface area contributed by atoms with Gasteiger partial charge in [-0.3, -0.25) is 0 Å². The van der Waals surface area contributed by atoms with E-state index >= 15 is 0 Å². The van der Waals surface area contributed by atoms with Crippen molar-refractivity contribution in [1.82, 2.24) is 0 Å². The van der Waals surface area contributed by atoms with Gasteiger partial charge >= 0.3 is 5.97 Å². The molecular formula is C16H25NO3. The minimum atomic E-state index is -0.331. The van der Waals surface area contributed by atoms with Gasteiger partial charge in [-0.15, -0.1) is 0 Å². The number of rotatable bonds is 8. The molecule has 0 radical (unpaired) electrons. The fourth-order valence-electron chi connectivity index (χ4n) is 2.18. The number of hydrogen-bond donors (Lipinski definition) is 1. The number of carbonyl (C=O) groups excluding carboxylic acids is 1. The summed E-state index contributed by atoms with van der Waals surface area (Å²) < 4.78 is 10.4. The van der Waals surface area contributed by atoms with Crippen molar-refractivity contribution in [1.29, 1.82) is 0 Å². The lowest BCUT2D eigenvalue weighted by Gasteiger charge is -2.24. The number of carbonyl (C=O) groups is 1. The molecule has 0 aliphatic rings. The molecule has 1 aromatic rings. The molecule has 2 unspecified atom stereocenters. The summed E-state index contributed by atoms with van der Waals surface area (Å²) in [7, 11) is 1.63. The number of hydrogen-bond acceptors (Lipinski definition) is 4. The van der Waals surface area contributed by atoms with Crippen LogP contribution < -0.4 is 10.1 Å². The van der Waals surface area contributed by atoms with Crippen LogP contribution in [0, 0.1) is 5.92 Å². The Morgan fingerprint density at radius 3 is 2.70 bits per heavy atom. The lowest BCUT2D eigenvalue weighted by Crippen LogP contribution is -2.37. The van der Waals surface area contributed by atoms with E-state index in [0.29, 0.717) is 6.61 Å². The zero-order valence-corrected chi connectivity index (χ0v) is 12.8. The van der Waals surface area contributed by atoms with Crippen LogP contribution in [-0.4, -0.2) is 25.7 Å². The SMILES string of the molecule is CCCC(C)C(Nc1cccc(OC)c1)C(=O)OCC. The number of ether oxygens (including phenoxy) is 2. The van der Waals surface area contributed by atoms with E-state index in [9.17, 15) is 4.79 Å². The Morgan fingerprint density at radius 1 is 1.35 bits per heavy atom. The van der Waals surface area contributed by atoms with Crippen molar-refractivity contribution >= 4 is 11.7 Å². The van der Waals surface area contributed by atoms with E-state index in [1.54, 1.807) is 7.11 Å². The summed E-state index contributed by atoms with van der Waals surface area (Å²) in [6, 6.07) is 7.24. The van der Waals surface area contributed by atoms with Crippen molar-refractivity contribution in [2.75, 3.05) is 19.0 Å². The van der Waals surface area contributed by atoms with Crippen molar-refractivity contribution in [2.24, 2.45) is 5.92 Å². The summed E-state index contributed by atoms with van der Waals surface area (Å²) in [5, 5.41) is 3.27. The van der Waals surface area contributed by atoms with Crippen LogP contribution in [0.5, 0.6) is 5.75 Å². The average molecular weight is 279 g/mol. The molecule has 4 nitrogen and oxygen atoms in total. The van der Waals surface area contributed by atoms with Crippen molar-refractivity contribution < 1.29 is 14.3 Å². The van der Waals surface area contributed by atoms with Gasteiger partial charge in [0.1, 0.15) is 11.8 Å². The topological polar surface area (TPSA) is 47.6 Å². The lowest BCUT2D eigenvalue weighted by atomic mass is 9.96. The quantitative estimate of drug-likeness (QED) is 0.740. The molecule has 112 valence electrons. The fourth-order valence-corrected chi connectivity index (χ4v) is 2.18. The average Bonchev–Trinajstić information content (AvgIpc) is 2.45. The lowest BCUT2D eigenvalue weighted by molar-refractivity contribution is -0.145. The number of esters is 1. The smallest absolute Gasteiger partial charge is 0.328 e. The van der Waals surface area contributed by atoms with Gasteiger partial charge in [-0.25, -0.2) is 4.79 Å². The van der Waals surface area contributed by atoms with Crippen LogP contribution in [0.15, 0.2) is 24.3 Å². The summed E-state index contributed by atoms with van der Waals surface area (Å²) in [5.74, 6) is 0.780. The Bertz CT molecular complexity index is 420. The van der Waals surface area contributed by atoms with Gasteiger partial charge in [-0.05, 0) is 31.4 Å². The number of benzene rings is 1. The van der Waals surface area contributed by atoms with Crippen LogP contribution in [-0.2, 0) is 9.53 Å². The van der Waals surface area contributed by atoms with Gasteiger partial charge < -0.3 is 14.8 Å². The van der Waals surface area contributed by atoms with Gasteiger partial charge in [0.15, 0.2) is 0 Å². The summed E-state index contributed by atoms with van der Waals surface area (Å²) in [5.41, 5.74) is 0.866. The first-order valence-electron chi connectivity index (χ1n) is 7.19. The molecule has 0 spiro atoms. The first kappa shape index (κ1) is 16.3. The summed E-state index contributed by atoms with van der Waals surface area (Å²) in [6.45, 7) is 6.40. The Kier molecular flexibility index (Phi) is 6.91. The van der Waals surface area contributed by atoms with Crippen LogP contribution in [0.4, 0.5) is 5.69 Å². The number of methoxy groups -OCH3 is 1. The molecule has 0 aliphatic heterocycles. The summed E-state index contributed by atoms with van der Waals surface area (Å²) >= 11 is 0. The van der Waals surface area contributed by atoms with Crippen LogP contribution >= 0.6 is 0 Å². The molecule has 0 fully saturated rings. The van der Waals surface area contributed by atoms with Gasteiger partial charge in [0.2, 0.25) is 0 Å². The van der Waals surface area contributed by atoms with Crippen molar-refractivity contribution in [2.45, 2.75) is 39.7 Å². The zero-order chi connectivity index (χ0) is 15.0. The van der Waals surface area contributed by atoms with Crippen LogP contribution in [0.2, 0.25) is 0 Å². The molecule has 1 rings (SSSR count). The third kappa shape index (κ3) is 4.76. The molecule has 2 atom stereocenters. The maximum Gasteiger partial charge on any atom is 0.328 e. The van der Waals surface area contributed by atoms with E-state index in [-0.39, 0.29) is 17.9 Å². The predicted octanol–water partition coefficient (Wildman–Crippen LogP) is 3.48. The molecule has 0 saturated carbocycles. The largest absolute Gasteiger partial charge is 0.497 e. The Morgan fingerprint density at radius 2 is 2.10 bits per heavy atom. The van der Waals surface area contributed by atoms with Gasteiger partial charge in [0.05, 0.1) is 13.7 Å². The molecule has 20 heavy (non-hydrogen) atoms. The van der Waals surface area contributed by atoms with Crippen molar-refractivity contribution in [3.05, 3.63) is 24.3 Å². The maximum atomic E-state index is 12.1. The second-order valence-corrected chi connectivity index (χ2v) is 4.87. The third-order valence-corrected chi connectivity index (χ3v) is 3.25. The van der Waals surface area contributed by atoms with Crippen LogP contribution in [0.1, 0.15) is 33.6 Å². The van der Waals surface area contributed by atoms with Crippen LogP contribution in [0.25, 0.3) is 0 Å². The van der Waals surface area contributed by atoms with Gasteiger partial charge in [0, 0.05) is 11.8 Å². The van der Waals surface area contributed by atoms with E-state index in [1.807, 2.05) is 31.2 Å². The highest BCUT2D eigenvalue weighted by Crippen LogP contribution is 2.21. The second kappa shape index (κ2) is 8.46. The highest BCUT2D eigenvalue weighted by molar-refractivity contribution is 5.79. The molecule has 0 aromatic heterocycles. The standard InChI is InChI=1S/C16H25NO3/c1-5-8-12(3)15(16(18)20-6-2)17-13-9-7-10-14(11-13)19-4/h7,9-12,15,17H,5-6,8H2,1-4H3. The minimum Gasteiger partial charge on any atom is -0.497 e. The molecule has 0 heterocycles. The Hall–Kier alpha value is -1.71. The van der Waals surface area contributed by atoms with E-state index in [0.717, 1.165) is 24.3 Å². The second-order valence-electron chi connectivity index (χ2n) is 4.87. The van der Waals surface area contributed by atoms with Gasteiger partial charge in [-0.2, -0.15) is 0 Å². The predicted molar refractivity (Wildman–Crippen MR) is 81.1 cm³/mol. The normalized spacial score (nSPS) is 13.4. The van der Waals surface area contributed by atoms with Gasteiger partial charge in [0.25, 0.3) is 0 Å². The number of anilines is 1. The van der Waals surface area contributed by atoms with E-state index in [1.165, 1.54) is 0 Å². The van der Waals surface area contributed by atoms with Crippen molar-refractivity contribution in [3.8, 4) is 5.75 Å². The maximum absolute atomic E-state index is 12.1. The molecule has 1 N–H and O–H groups in total.